The summed E-state index contributed by atoms with van der Waals surface area (Å²) >= 11 is 0. The molecule has 0 amide bonds. The summed E-state index contributed by atoms with van der Waals surface area (Å²) in [6.45, 7) is 1.91. The lowest BCUT2D eigenvalue weighted by Crippen LogP contribution is -2.31. The molecule has 0 aromatic heterocycles. The van der Waals surface area contributed by atoms with Crippen molar-refractivity contribution < 1.29 is 17.2 Å². The van der Waals surface area contributed by atoms with E-state index in [9.17, 15) is 17.2 Å². The highest BCUT2D eigenvalue weighted by atomic mass is 32.2. The number of halogens is 2. The Balaban J connectivity index is 2.58. The van der Waals surface area contributed by atoms with Crippen LogP contribution in [0.3, 0.4) is 0 Å². The van der Waals surface area contributed by atoms with Crippen LogP contribution < -0.4 is 10.0 Å². The quantitative estimate of drug-likeness (QED) is 0.821. The van der Waals surface area contributed by atoms with Crippen molar-refractivity contribution in [2.75, 3.05) is 19.3 Å². The van der Waals surface area contributed by atoms with Gasteiger partial charge in [0.1, 0.15) is 11.6 Å². The Kier molecular flexibility index (Phi) is 5.18. The maximum absolute atomic E-state index is 13.0. The zero-order valence-corrected chi connectivity index (χ0v) is 11.0. The number of sulfonamides is 1. The third kappa shape index (κ3) is 4.67. The Labute approximate surface area is 105 Å². The molecule has 0 aliphatic carbocycles. The van der Waals surface area contributed by atoms with Gasteiger partial charge in [-0.25, -0.2) is 21.9 Å². The van der Waals surface area contributed by atoms with E-state index in [2.05, 4.69) is 10.0 Å². The van der Waals surface area contributed by atoms with Crippen LogP contribution in [-0.2, 0) is 10.0 Å². The van der Waals surface area contributed by atoms with Gasteiger partial charge in [-0.05, 0) is 31.7 Å². The van der Waals surface area contributed by atoms with Crippen LogP contribution in [0.2, 0.25) is 0 Å². The van der Waals surface area contributed by atoms with Gasteiger partial charge in [0.15, 0.2) is 0 Å². The average molecular weight is 278 g/mol. The molecule has 102 valence electrons. The summed E-state index contributed by atoms with van der Waals surface area (Å²) in [4.78, 5) is 0. The highest BCUT2D eigenvalue weighted by Gasteiger charge is 2.11. The average Bonchev–Trinajstić information content (AvgIpc) is 2.27. The highest BCUT2D eigenvalue weighted by molar-refractivity contribution is 7.89. The van der Waals surface area contributed by atoms with E-state index in [1.54, 1.807) is 6.92 Å². The first-order chi connectivity index (χ1) is 8.34. The second kappa shape index (κ2) is 6.21. The number of nitrogens with one attached hydrogen (secondary N) is 2. The van der Waals surface area contributed by atoms with Crippen molar-refractivity contribution in [3.05, 3.63) is 35.4 Å². The predicted molar refractivity (Wildman–Crippen MR) is 65.6 cm³/mol. The van der Waals surface area contributed by atoms with Gasteiger partial charge in [0.25, 0.3) is 0 Å². The fraction of sp³-hybridized carbons (Fsp3) is 0.455. The second-order valence-corrected chi connectivity index (χ2v) is 5.95. The summed E-state index contributed by atoms with van der Waals surface area (Å²) in [6.07, 6.45) is 0. The highest BCUT2D eigenvalue weighted by Crippen LogP contribution is 2.15. The van der Waals surface area contributed by atoms with Crippen molar-refractivity contribution in [1.29, 1.82) is 0 Å². The molecule has 0 fully saturated rings. The number of hydrogen-bond acceptors (Lipinski definition) is 3. The SMILES string of the molecule is CNS(=O)(=O)CCNC(C)c1cc(F)cc(F)c1. The van der Waals surface area contributed by atoms with Crippen LogP contribution in [0.15, 0.2) is 18.2 Å². The van der Waals surface area contributed by atoms with E-state index in [-0.39, 0.29) is 18.3 Å². The van der Waals surface area contributed by atoms with E-state index in [1.807, 2.05) is 0 Å². The van der Waals surface area contributed by atoms with Crippen molar-refractivity contribution in [3.63, 3.8) is 0 Å². The molecule has 0 saturated carbocycles. The molecule has 2 N–H and O–H groups in total. The summed E-state index contributed by atoms with van der Waals surface area (Å²) in [7, 11) is -1.94. The maximum atomic E-state index is 13.0. The number of rotatable bonds is 6. The molecule has 7 heteroatoms. The lowest BCUT2D eigenvalue weighted by molar-refractivity contribution is 0.548. The molecule has 1 aromatic rings. The van der Waals surface area contributed by atoms with Crippen LogP contribution in [-0.4, -0.2) is 27.8 Å². The molecule has 1 rings (SSSR count). The topological polar surface area (TPSA) is 58.2 Å². The smallest absolute Gasteiger partial charge is 0.212 e. The first kappa shape index (κ1) is 15.0. The van der Waals surface area contributed by atoms with Crippen molar-refractivity contribution >= 4 is 10.0 Å². The lowest BCUT2D eigenvalue weighted by atomic mass is 10.1. The molecule has 1 atom stereocenters. The molecule has 0 aliphatic rings. The Morgan fingerprint density at radius 2 is 1.78 bits per heavy atom. The molecule has 0 bridgehead atoms. The Morgan fingerprint density at radius 1 is 1.22 bits per heavy atom. The van der Waals surface area contributed by atoms with Gasteiger partial charge in [0, 0.05) is 18.7 Å². The van der Waals surface area contributed by atoms with E-state index < -0.39 is 21.7 Å². The minimum atomic E-state index is -3.27. The first-order valence-corrected chi connectivity index (χ1v) is 7.10. The molecular formula is C11H16F2N2O2S. The fourth-order valence-electron chi connectivity index (χ4n) is 1.45. The molecule has 0 saturated heterocycles. The molecule has 0 spiro atoms. The van der Waals surface area contributed by atoms with Crippen LogP contribution in [0.1, 0.15) is 18.5 Å². The van der Waals surface area contributed by atoms with E-state index in [4.69, 9.17) is 0 Å². The van der Waals surface area contributed by atoms with Crippen LogP contribution >= 0.6 is 0 Å². The molecule has 0 heterocycles. The Bertz CT molecular complexity index is 486. The summed E-state index contributed by atoms with van der Waals surface area (Å²) in [5.74, 6) is -1.39. The van der Waals surface area contributed by atoms with E-state index in [0.717, 1.165) is 6.07 Å². The van der Waals surface area contributed by atoms with Gasteiger partial charge >= 0.3 is 0 Å². The summed E-state index contributed by atoms with van der Waals surface area (Å²) < 4.78 is 50.5. The zero-order chi connectivity index (χ0) is 13.8. The second-order valence-electron chi connectivity index (χ2n) is 3.90. The molecule has 4 nitrogen and oxygen atoms in total. The summed E-state index contributed by atoms with van der Waals surface area (Å²) in [6, 6.07) is 2.89. The predicted octanol–water partition coefficient (Wildman–Crippen LogP) is 1.16. The van der Waals surface area contributed by atoms with Gasteiger partial charge in [-0.2, -0.15) is 0 Å². The van der Waals surface area contributed by atoms with Crippen LogP contribution in [0.5, 0.6) is 0 Å². The van der Waals surface area contributed by atoms with Crippen molar-refractivity contribution in [1.82, 2.24) is 10.0 Å². The van der Waals surface area contributed by atoms with E-state index in [1.165, 1.54) is 19.2 Å². The van der Waals surface area contributed by atoms with Crippen LogP contribution in [0, 0.1) is 11.6 Å². The van der Waals surface area contributed by atoms with Crippen molar-refractivity contribution in [3.8, 4) is 0 Å². The third-order valence-electron chi connectivity index (χ3n) is 2.52. The monoisotopic (exact) mass is 278 g/mol. The number of benzene rings is 1. The molecule has 0 radical (unpaired) electrons. The standard InChI is InChI=1S/C11H16F2N2O2S/c1-8(15-3-4-18(16,17)14-2)9-5-10(12)7-11(13)6-9/h5-8,14-15H,3-4H2,1-2H3. The van der Waals surface area contributed by atoms with Gasteiger partial charge in [0.2, 0.25) is 10.0 Å². The normalized spacial score (nSPS) is 13.6. The largest absolute Gasteiger partial charge is 0.309 e. The molecule has 1 aromatic carbocycles. The lowest BCUT2D eigenvalue weighted by Gasteiger charge is -2.14. The van der Waals surface area contributed by atoms with Gasteiger partial charge in [0.05, 0.1) is 5.75 Å². The number of hydrogen-bond donors (Lipinski definition) is 2. The van der Waals surface area contributed by atoms with Crippen molar-refractivity contribution in [2.24, 2.45) is 0 Å². The van der Waals surface area contributed by atoms with Crippen molar-refractivity contribution in [2.45, 2.75) is 13.0 Å². The first-order valence-electron chi connectivity index (χ1n) is 5.44. The Morgan fingerprint density at radius 3 is 2.28 bits per heavy atom. The van der Waals surface area contributed by atoms with Gasteiger partial charge in [-0.1, -0.05) is 0 Å². The Hall–Kier alpha value is -1.05. The van der Waals surface area contributed by atoms with E-state index in [0.29, 0.717) is 5.56 Å². The summed E-state index contributed by atoms with van der Waals surface area (Å²) in [5, 5.41) is 2.89. The third-order valence-corrected chi connectivity index (χ3v) is 3.88. The molecular weight excluding hydrogens is 262 g/mol. The van der Waals surface area contributed by atoms with Gasteiger partial charge in [-0.3, -0.25) is 0 Å². The molecule has 1 unspecified atom stereocenters. The summed E-state index contributed by atoms with van der Waals surface area (Å²) in [5.41, 5.74) is 0.439. The molecule has 18 heavy (non-hydrogen) atoms. The van der Waals surface area contributed by atoms with Crippen LogP contribution in [0.25, 0.3) is 0 Å². The van der Waals surface area contributed by atoms with Crippen LogP contribution in [0.4, 0.5) is 8.78 Å². The maximum Gasteiger partial charge on any atom is 0.212 e. The fourth-order valence-corrected chi connectivity index (χ4v) is 2.05. The van der Waals surface area contributed by atoms with Gasteiger partial charge in [-0.15, -0.1) is 0 Å². The minimum absolute atomic E-state index is 0.0916. The zero-order valence-electron chi connectivity index (χ0n) is 10.2. The molecule has 0 aliphatic heterocycles. The van der Waals surface area contributed by atoms with E-state index >= 15 is 0 Å². The van der Waals surface area contributed by atoms with Gasteiger partial charge < -0.3 is 5.32 Å². The minimum Gasteiger partial charge on any atom is -0.309 e.